The first-order valence-electron chi connectivity index (χ1n) is 12.7. The predicted octanol–water partition coefficient (Wildman–Crippen LogP) is 2.34. The van der Waals surface area contributed by atoms with E-state index in [-0.39, 0.29) is 49.9 Å². The predicted molar refractivity (Wildman–Crippen MR) is 128 cm³/mol. The standard InChI is InChI=1S/C27H13BF18O3.2Li/c1-9(2)49-21-18(26(41,42)43)16(12-7-10(22(29,30)31)3-5-14(12)24(35,36)37)20(28(47)48)17(19(21)27(44,45)46)13-8-11(23(32,33)34)4-6-15(13)25(38,39)40;;/h3-9H,1-2H3;;/q-2;2*+1. The molecule has 0 aromatic heterocycles. The van der Waals surface area contributed by atoms with E-state index < -0.39 is 141 Å². The summed E-state index contributed by atoms with van der Waals surface area (Å²) < 4.78 is 260. The Morgan fingerprint density at radius 2 is 0.824 bits per heavy atom. The molecule has 0 saturated carbocycles. The molecule has 0 aliphatic carbocycles. The van der Waals surface area contributed by atoms with Gasteiger partial charge in [-0.05, 0) is 72.5 Å². The van der Waals surface area contributed by atoms with Crippen LogP contribution in [0.1, 0.15) is 47.2 Å². The van der Waals surface area contributed by atoms with Crippen molar-refractivity contribution in [2.45, 2.75) is 57.0 Å². The first kappa shape index (κ1) is 46.4. The molecule has 51 heavy (non-hydrogen) atoms. The van der Waals surface area contributed by atoms with Crippen LogP contribution in [-0.4, -0.2) is 13.2 Å². The molecule has 0 radical (unpaired) electrons. The largest absolute Gasteiger partial charge is 1.00 e. The molecule has 3 nitrogen and oxygen atoms in total. The Balaban J connectivity index is 0.00000650. The summed E-state index contributed by atoms with van der Waals surface area (Å²) in [6.07, 6.45) is -38.5. The second-order valence-corrected chi connectivity index (χ2v) is 10.2. The normalized spacial score (nSPS) is 13.2. The van der Waals surface area contributed by atoms with Gasteiger partial charge in [-0.3, -0.25) is 0 Å². The van der Waals surface area contributed by atoms with Crippen molar-refractivity contribution >= 4 is 12.6 Å². The Kier molecular flexibility index (Phi) is 13.7. The topological polar surface area (TPSA) is 55.3 Å². The summed E-state index contributed by atoms with van der Waals surface area (Å²) in [5.74, 6) is -2.75. The van der Waals surface area contributed by atoms with Crippen LogP contribution in [0, 0.1) is 0 Å². The van der Waals surface area contributed by atoms with Crippen molar-refractivity contribution in [1.82, 2.24) is 0 Å². The number of rotatable bonds is 5. The summed E-state index contributed by atoms with van der Waals surface area (Å²) in [5, 5.41) is 25.1. The minimum Gasteiger partial charge on any atom is -0.889 e. The number of halogens is 18. The second kappa shape index (κ2) is 15.0. The maximum absolute atomic E-state index is 14.8. The molecule has 0 fully saturated rings. The van der Waals surface area contributed by atoms with Gasteiger partial charge in [-0.15, -0.1) is 5.46 Å². The zero-order valence-electron chi connectivity index (χ0n) is 25.6. The Labute approximate surface area is 298 Å². The van der Waals surface area contributed by atoms with Crippen molar-refractivity contribution in [2.24, 2.45) is 0 Å². The zero-order valence-corrected chi connectivity index (χ0v) is 25.6. The molecule has 0 saturated heterocycles. The fourth-order valence-electron chi connectivity index (χ4n) is 4.79. The van der Waals surface area contributed by atoms with Crippen LogP contribution in [0.2, 0.25) is 0 Å². The molecule has 0 heterocycles. The Bertz CT molecular complexity index is 1610. The molecule has 3 aromatic rings. The van der Waals surface area contributed by atoms with Gasteiger partial charge in [-0.2, -0.15) is 79.0 Å². The molecule has 0 bridgehead atoms. The molecular weight excluding hydrogens is 739 g/mol. The van der Waals surface area contributed by atoms with E-state index in [1.165, 1.54) is 0 Å². The quantitative estimate of drug-likeness (QED) is 0.298. The number of hydrogen-bond acceptors (Lipinski definition) is 3. The summed E-state index contributed by atoms with van der Waals surface area (Å²) in [6, 6.07) is -3.36. The van der Waals surface area contributed by atoms with Gasteiger partial charge in [0.15, 0.2) is 0 Å². The smallest absolute Gasteiger partial charge is 0.889 e. The molecular formula is C27H13BF18Li2O3. The summed E-state index contributed by atoms with van der Waals surface area (Å²) >= 11 is 0. The zero-order chi connectivity index (χ0) is 38.0. The van der Waals surface area contributed by atoms with Gasteiger partial charge in [0.25, 0.3) is 0 Å². The SMILES string of the molecule is CC(C)Oc1c(C(F)(F)F)c(-c2cc(C(F)(F)F)ccc2C(F)(F)F)c(B([O-])[O-])c(-c2cc(C(F)(F)F)ccc2C(F)(F)F)c1C(F)(F)F.[Li+].[Li+]. The van der Waals surface area contributed by atoms with E-state index >= 15 is 0 Å². The molecule has 0 aliphatic heterocycles. The van der Waals surface area contributed by atoms with E-state index in [2.05, 4.69) is 4.74 Å². The molecule has 0 aliphatic rings. The van der Waals surface area contributed by atoms with Gasteiger partial charge < -0.3 is 14.8 Å². The minimum absolute atomic E-state index is 0. The van der Waals surface area contributed by atoms with Crippen LogP contribution in [0.4, 0.5) is 79.0 Å². The summed E-state index contributed by atoms with van der Waals surface area (Å²) in [4.78, 5) is 0. The monoisotopic (exact) mass is 752 g/mol. The van der Waals surface area contributed by atoms with Crippen molar-refractivity contribution < 1.29 is 132 Å². The third kappa shape index (κ3) is 9.88. The van der Waals surface area contributed by atoms with Crippen LogP contribution in [0.5, 0.6) is 5.75 Å². The van der Waals surface area contributed by atoms with Crippen molar-refractivity contribution in [2.75, 3.05) is 0 Å². The van der Waals surface area contributed by atoms with Crippen molar-refractivity contribution in [1.29, 1.82) is 0 Å². The summed E-state index contributed by atoms with van der Waals surface area (Å²) in [7, 11) is -4.54. The maximum Gasteiger partial charge on any atom is 1.00 e. The molecule has 0 unspecified atom stereocenters. The maximum atomic E-state index is 14.8. The first-order valence-corrected chi connectivity index (χ1v) is 12.7. The number of alkyl halides is 18. The minimum atomic E-state index is -6.51. The van der Waals surface area contributed by atoms with E-state index in [0.29, 0.717) is 13.8 Å². The van der Waals surface area contributed by atoms with Gasteiger partial charge >= 0.3 is 74.8 Å². The van der Waals surface area contributed by atoms with Crippen LogP contribution in [-0.2, 0) is 37.1 Å². The number of hydrogen-bond donors (Lipinski definition) is 0. The first-order chi connectivity index (χ1) is 21.8. The van der Waals surface area contributed by atoms with Gasteiger partial charge in [0.2, 0.25) is 0 Å². The van der Waals surface area contributed by atoms with Crippen molar-refractivity contribution in [3.8, 4) is 28.0 Å². The van der Waals surface area contributed by atoms with Gasteiger partial charge in [0.1, 0.15) is 16.9 Å². The summed E-state index contributed by atoms with van der Waals surface area (Å²) in [6.45, 7) is 1.35. The van der Waals surface area contributed by atoms with Gasteiger partial charge in [0, 0.05) is 0 Å². The third-order valence-corrected chi connectivity index (χ3v) is 6.49. The molecule has 3 rings (SSSR count). The van der Waals surface area contributed by atoms with E-state index in [0.717, 1.165) is 0 Å². The fraction of sp³-hybridized carbons (Fsp3) is 0.333. The molecule has 3 aromatic carbocycles. The van der Waals surface area contributed by atoms with E-state index in [9.17, 15) is 89.1 Å². The molecule has 0 N–H and O–H groups in total. The molecule has 0 amide bonds. The Morgan fingerprint density at radius 3 is 1.04 bits per heavy atom. The molecule has 0 spiro atoms. The van der Waals surface area contributed by atoms with Crippen molar-refractivity contribution in [3.63, 3.8) is 0 Å². The van der Waals surface area contributed by atoms with Crippen LogP contribution in [0.15, 0.2) is 36.4 Å². The van der Waals surface area contributed by atoms with Gasteiger partial charge in [-0.1, -0.05) is 7.12 Å². The van der Waals surface area contributed by atoms with E-state index in [4.69, 9.17) is 0 Å². The third-order valence-electron chi connectivity index (χ3n) is 6.49. The van der Waals surface area contributed by atoms with Gasteiger partial charge in [-0.25, -0.2) is 0 Å². The van der Waals surface area contributed by atoms with E-state index in [1.54, 1.807) is 0 Å². The number of benzene rings is 3. The van der Waals surface area contributed by atoms with Crippen LogP contribution in [0.25, 0.3) is 22.3 Å². The Morgan fingerprint density at radius 1 is 0.510 bits per heavy atom. The average Bonchev–Trinajstić information content (AvgIpc) is 2.87. The van der Waals surface area contributed by atoms with Crippen LogP contribution < -0.4 is 58.0 Å². The fourth-order valence-corrected chi connectivity index (χ4v) is 4.79. The second-order valence-electron chi connectivity index (χ2n) is 10.2. The number of ether oxygens (including phenoxy) is 1. The van der Waals surface area contributed by atoms with Crippen molar-refractivity contribution in [3.05, 3.63) is 69.8 Å². The average molecular weight is 752 g/mol. The van der Waals surface area contributed by atoms with Crippen LogP contribution >= 0.6 is 0 Å². The van der Waals surface area contributed by atoms with Gasteiger partial charge in [0.05, 0.1) is 28.4 Å². The molecule has 270 valence electrons. The molecule has 24 heteroatoms. The Hall–Kier alpha value is -2.62. The summed E-state index contributed by atoms with van der Waals surface area (Å²) in [5.41, 5.74) is -29.3. The molecule has 0 atom stereocenters. The van der Waals surface area contributed by atoms with Crippen LogP contribution in [0.3, 0.4) is 0 Å². The van der Waals surface area contributed by atoms with E-state index in [1.807, 2.05) is 0 Å².